The van der Waals surface area contributed by atoms with Crippen LogP contribution in [0.25, 0.3) is 11.3 Å². The summed E-state index contributed by atoms with van der Waals surface area (Å²) < 4.78 is 12.5. The van der Waals surface area contributed by atoms with Crippen LogP contribution in [0, 0.1) is 0 Å². The van der Waals surface area contributed by atoms with E-state index in [1.165, 1.54) is 0 Å². The van der Waals surface area contributed by atoms with Crippen LogP contribution in [-0.2, 0) is 0 Å². The molecule has 20 heavy (non-hydrogen) atoms. The molecule has 1 aromatic heterocycles. The van der Waals surface area contributed by atoms with Crippen LogP contribution in [0.1, 0.15) is 0 Å². The lowest BCUT2D eigenvalue weighted by atomic mass is 10.1. The molecular formula is C14H18N3O2S+. The van der Waals surface area contributed by atoms with Crippen molar-refractivity contribution < 1.29 is 14.0 Å². The van der Waals surface area contributed by atoms with Gasteiger partial charge in [-0.15, -0.1) is 0 Å². The van der Waals surface area contributed by atoms with Crippen molar-refractivity contribution in [3.05, 3.63) is 23.6 Å². The molecule has 0 bridgehead atoms. The van der Waals surface area contributed by atoms with E-state index in [1.54, 1.807) is 25.6 Å². The summed E-state index contributed by atoms with van der Waals surface area (Å²) in [5.41, 5.74) is 1.91. The van der Waals surface area contributed by atoms with Crippen LogP contribution in [0.4, 0.5) is 5.13 Å². The van der Waals surface area contributed by atoms with Crippen molar-refractivity contribution in [2.24, 2.45) is 0 Å². The van der Waals surface area contributed by atoms with E-state index in [2.05, 4.69) is 10.3 Å². The van der Waals surface area contributed by atoms with Gasteiger partial charge in [-0.05, 0) is 18.2 Å². The highest BCUT2D eigenvalue weighted by Gasteiger charge is 2.10. The molecule has 0 radical (unpaired) electrons. The standard InChI is InChI=1S/C14H17N3O2S/c1-17(2)9-15-14-16-11(8-20-14)10-5-6-12(18-3)13(7-10)19-4/h5-9H,1-4H3/p+1. The zero-order valence-electron chi connectivity index (χ0n) is 12.0. The molecule has 2 aromatic rings. The van der Waals surface area contributed by atoms with Crippen LogP contribution in [0.3, 0.4) is 0 Å². The molecule has 0 aliphatic carbocycles. The quantitative estimate of drug-likeness (QED) is 0.522. The molecule has 1 heterocycles. The Morgan fingerprint density at radius 3 is 2.60 bits per heavy atom. The van der Waals surface area contributed by atoms with Gasteiger partial charge in [0.2, 0.25) is 6.34 Å². The molecule has 0 aliphatic heterocycles. The molecule has 1 N–H and O–H groups in total. The lowest BCUT2D eigenvalue weighted by molar-refractivity contribution is -0.459. The molecule has 0 unspecified atom stereocenters. The SMILES string of the molecule is COc1ccc(-c2csc(NC=[N+](C)C)n2)cc1OC. The average molecular weight is 292 g/mol. The normalized spacial score (nSPS) is 10.0. The third-order valence-electron chi connectivity index (χ3n) is 2.63. The molecule has 6 heteroatoms. The summed E-state index contributed by atoms with van der Waals surface area (Å²) >= 11 is 1.56. The van der Waals surface area contributed by atoms with Gasteiger partial charge in [0.25, 0.3) is 5.13 Å². The number of hydrogen-bond donors (Lipinski definition) is 1. The Bertz CT molecular complexity index is 619. The Labute approximate surface area is 122 Å². The molecule has 1 aromatic carbocycles. The minimum absolute atomic E-state index is 0.701. The van der Waals surface area contributed by atoms with Crippen LogP contribution in [0.15, 0.2) is 23.6 Å². The second-order valence-electron chi connectivity index (χ2n) is 4.34. The van der Waals surface area contributed by atoms with E-state index in [-0.39, 0.29) is 0 Å². The number of thiazole rings is 1. The molecule has 0 fully saturated rings. The van der Waals surface area contributed by atoms with E-state index in [0.29, 0.717) is 11.5 Å². The lowest BCUT2D eigenvalue weighted by Gasteiger charge is -2.08. The van der Waals surface area contributed by atoms with Crippen molar-refractivity contribution in [3.8, 4) is 22.8 Å². The first-order valence-electron chi connectivity index (χ1n) is 6.08. The smallest absolute Gasteiger partial charge is 0.276 e. The number of nitrogens with zero attached hydrogens (tertiary/aromatic N) is 2. The van der Waals surface area contributed by atoms with Crippen molar-refractivity contribution in [1.82, 2.24) is 4.98 Å². The Morgan fingerprint density at radius 1 is 1.20 bits per heavy atom. The number of methoxy groups -OCH3 is 2. The molecule has 0 aliphatic rings. The maximum absolute atomic E-state index is 5.31. The number of nitrogens with one attached hydrogen (secondary N) is 1. The summed E-state index contributed by atoms with van der Waals surface area (Å²) in [5.74, 6) is 1.41. The number of anilines is 1. The van der Waals surface area contributed by atoms with Gasteiger partial charge >= 0.3 is 0 Å². The van der Waals surface area contributed by atoms with Gasteiger partial charge in [0.1, 0.15) is 0 Å². The van der Waals surface area contributed by atoms with Crippen molar-refractivity contribution in [3.63, 3.8) is 0 Å². The summed E-state index contributed by atoms with van der Waals surface area (Å²) in [6.45, 7) is 0. The number of ether oxygens (including phenoxy) is 2. The Balaban J connectivity index is 2.25. The monoisotopic (exact) mass is 292 g/mol. The van der Waals surface area contributed by atoms with Gasteiger partial charge in [-0.2, -0.15) is 4.98 Å². The Morgan fingerprint density at radius 2 is 1.95 bits per heavy atom. The molecule has 0 saturated carbocycles. The summed E-state index contributed by atoms with van der Waals surface area (Å²) in [6, 6.07) is 5.77. The first kappa shape index (κ1) is 14.3. The Hall–Kier alpha value is -2.08. The molecule has 0 spiro atoms. The van der Waals surface area contributed by atoms with Crippen LogP contribution in [0.5, 0.6) is 11.5 Å². The molecule has 0 atom stereocenters. The fraction of sp³-hybridized carbons (Fsp3) is 0.286. The first-order valence-corrected chi connectivity index (χ1v) is 6.96. The third-order valence-corrected chi connectivity index (χ3v) is 3.40. The van der Waals surface area contributed by atoms with Gasteiger partial charge in [0.05, 0.1) is 34.0 Å². The average Bonchev–Trinajstić information content (AvgIpc) is 2.93. The topological polar surface area (TPSA) is 46.4 Å². The van der Waals surface area contributed by atoms with E-state index in [9.17, 15) is 0 Å². The van der Waals surface area contributed by atoms with E-state index in [1.807, 2.05) is 48.6 Å². The van der Waals surface area contributed by atoms with Gasteiger partial charge in [-0.25, -0.2) is 5.32 Å². The highest BCUT2D eigenvalue weighted by Crippen LogP contribution is 2.33. The predicted octanol–water partition coefficient (Wildman–Crippen LogP) is 2.54. The fourth-order valence-corrected chi connectivity index (χ4v) is 2.34. The van der Waals surface area contributed by atoms with Crippen molar-refractivity contribution in [2.45, 2.75) is 0 Å². The number of aromatic nitrogens is 1. The minimum atomic E-state index is 0.701. The van der Waals surface area contributed by atoms with E-state index < -0.39 is 0 Å². The highest BCUT2D eigenvalue weighted by molar-refractivity contribution is 7.14. The van der Waals surface area contributed by atoms with Gasteiger partial charge in [-0.3, -0.25) is 4.58 Å². The number of rotatable bonds is 5. The summed E-state index contributed by atoms with van der Waals surface area (Å²) in [4.78, 5) is 4.54. The maximum atomic E-state index is 5.31. The largest absolute Gasteiger partial charge is 0.493 e. The summed E-state index contributed by atoms with van der Waals surface area (Å²) in [6.07, 6.45) is 1.86. The Kier molecular flexibility index (Phi) is 4.57. The van der Waals surface area contributed by atoms with Gasteiger partial charge < -0.3 is 9.47 Å². The van der Waals surface area contributed by atoms with Gasteiger partial charge in [0, 0.05) is 10.9 Å². The molecule has 2 rings (SSSR count). The van der Waals surface area contributed by atoms with Crippen molar-refractivity contribution >= 4 is 22.8 Å². The van der Waals surface area contributed by atoms with Crippen LogP contribution in [-0.4, -0.2) is 44.2 Å². The second kappa shape index (κ2) is 6.38. The van der Waals surface area contributed by atoms with E-state index in [0.717, 1.165) is 16.4 Å². The van der Waals surface area contributed by atoms with E-state index >= 15 is 0 Å². The van der Waals surface area contributed by atoms with Gasteiger partial charge in [-0.1, -0.05) is 11.3 Å². The summed E-state index contributed by atoms with van der Waals surface area (Å²) in [5, 5.41) is 6.00. The second-order valence-corrected chi connectivity index (χ2v) is 5.20. The first-order chi connectivity index (χ1) is 9.63. The van der Waals surface area contributed by atoms with Gasteiger partial charge in [0.15, 0.2) is 11.5 Å². The van der Waals surface area contributed by atoms with Crippen molar-refractivity contribution in [1.29, 1.82) is 0 Å². The lowest BCUT2D eigenvalue weighted by Crippen LogP contribution is -2.06. The van der Waals surface area contributed by atoms with Crippen LogP contribution >= 0.6 is 11.3 Å². The summed E-state index contributed by atoms with van der Waals surface area (Å²) in [7, 11) is 7.16. The zero-order valence-corrected chi connectivity index (χ0v) is 12.8. The predicted molar refractivity (Wildman–Crippen MR) is 82.4 cm³/mol. The van der Waals surface area contributed by atoms with E-state index in [4.69, 9.17) is 9.47 Å². The fourth-order valence-electron chi connectivity index (χ4n) is 1.65. The molecular weight excluding hydrogens is 274 g/mol. The number of benzene rings is 1. The van der Waals surface area contributed by atoms with Crippen molar-refractivity contribution in [2.75, 3.05) is 33.6 Å². The van der Waals surface area contributed by atoms with Crippen LogP contribution < -0.4 is 14.8 Å². The molecule has 5 nitrogen and oxygen atoms in total. The third kappa shape index (κ3) is 3.27. The molecule has 0 amide bonds. The maximum Gasteiger partial charge on any atom is 0.276 e. The molecule has 0 saturated heterocycles. The number of hydrogen-bond acceptors (Lipinski definition) is 4. The minimum Gasteiger partial charge on any atom is -0.493 e. The molecule has 106 valence electrons. The zero-order chi connectivity index (χ0) is 14.5. The highest BCUT2D eigenvalue weighted by atomic mass is 32.1. The van der Waals surface area contributed by atoms with Crippen LogP contribution in [0.2, 0.25) is 0 Å².